The average Bonchev–Trinajstić information content (AvgIpc) is 3.09. The first-order valence-electron chi connectivity index (χ1n) is 6.02. The number of benzene rings is 1. The number of rotatable bonds is 5. The molecule has 1 aromatic rings. The first-order valence-corrected chi connectivity index (χ1v) is 8.36. The Labute approximate surface area is 125 Å². The summed E-state index contributed by atoms with van der Waals surface area (Å²) in [6.07, 6.45) is 1.96. The van der Waals surface area contributed by atoms with Gasteiger partial charge in [0.15, 0.2) is 6.61 Å². The Morgan fingerprint density at radius 3 is 2.70 bits per heavy atom. The molecule has 1 aromatic carbocycles. The number of ether oxygens (including phenoxy) is 1. The highest BCUT2D eigenvalue weighted by Gasteiger charge is 2.24. The van der Waals surface area contributed by atoms with E-state index in [0.29, 0.717) is 10.0 Å². The number of halogens is 1. The molecule has 6 nitrogen and oxygen atoms in total. The minimum atomic E-state index is -3.92. The smallest absolute Gasteiger partial charge is 0.258 e. The van der Waals surface area contributed by atoms with Gasteiger partial charge < -0.3 is 10.1 Å². The van der Waals surface area contributed by atoms with Crippen molar-refractivity contribution in [2.24, 2.45) is 5.14 Å². The van der Waals surface area contributed by atoms with Gasteiger partial charge in [-0.25, -0.2) is 13.6 Å². The van der Waals surface area contributed by atoms with Crippen LogP contribution in [0.1, 0.15) is 18.4 Å². The maximum absolute atomic E-state index is 11.6. The second-order valence-electron chi connectivity index (χ2n) is 4.73. The summed E-state index contributed by atoms with van der Waals surface area (Å²) in [6.45, 7) is 1.45. The molecule has 0 radical (unpaired) electrons. The van der Waals surface area contributed by atoms with Crippen LogP contribution >= 0.6 is 15.9 Å². The summed E-state index contributed by atoms with van der Waals surface area (Å²) >= 11 is 3.21. The van der Waals surface area contributed by atoms with Crippen LogP contribution in [0.5, 0.6) is 5.75 Å². The van der Waals surface area contributed by atoms with Crippen molar-refractivity contribution in [3.05, 3.63) is 22.2 Å². The van der Waals surface area contributed by atoms with E-state index in [1.165, 1.54) is 6.07 Å². The van der Waals surface area contributed by atoms with Gasteiger partial charge in [-0.15, -0.1) is 0 Å². The molecule has 0 saturated heterocycles. The van der Waals surface area contributed by atoms with Gasteiger partial charge in [0.05, 0.1) is 0 Å². The Hall–Kier alpha value is -1.12. The lowest BCUT2D eigenvalue weighted by atomic mass is 10.2. The van der Waals surface area contributed by atoms with E-state index in [4.69, 9.17) is 9.88 Å². The standard InChI is InChI=1S/C12H15BrN2O4S/c1-7-4-8(13)5-10(20(14,17)18)12(7)19-6-11(16)15-9-2-3-9/h4-5,9H,2-3,6H2,1H3,(H,15,16)(H2,14,17,18). The number of carbonyl (C=O) groups is 1. The fourth-order valence-corrected chi connectivity index (χ4v) is 3.22. The molecule has 20 heavy (non-hydrogen) atoms. The molecule has 0 unspecified atom stereocenters. The molecule has 0 spiro atoms. The second kappa shape index (κ2) is 5.71. The number of aryl methyl sites for hydroxylation is 1. The van der Waals surface area contributed by atoms with E-state index in [9.17, 15) is 13.2 Å². The molecule has 1 fully saturated rings. The van der Waals surface area contributed by atoms with Gasteiger partial charge in [0.2, 0.25) is 10.0 Å². The number of hydrogen-bond donors (Lipinski definition) is 2. The molecule has 1 aliphatic carbocycles. The lowest BCUT2D eigenvalue weighted by Crippen LogP contribution is -2.31. The largest absolute Gasteiger partial charge is 0.482 e. The van der Waals surface area contributed by atoms with Crippen LogP contribution in [0.4, 0.5) is 0 Å². The Bertz CT molecular complexity index is 641. The van der Waals surface area contributed by atoms with E-state index >= 15 is 0 Å². The van der Waals surface area contributed by atoms with Crippen LogP contribution < -0.4 is 15.2 Å². The zero-order valence-electron chi connectivity index (χ0n) is 10.8. The lowest BCUT2D eigenvalue weighted by molar-refractivity contribution is -0.123. The molecule has 1 amide bonds. The van der Waals surface area contributed by atoms with E-state index in [-0.39, 0.29) is 29.2 Å². The van der Waals surface area contributed by atoms with Gasteiger partial charge in [-0.1, -0.05) is 15.9 Å². The number of primary sulfonamides is 1. The third-order valence-electron chi connectivity index (χ3n) is 2.80. The highest BCUT2D eigenvalue weighted by Crippen LogP contribution is 2.31. The summed E-state index contributed by atoms with van der Waals surface area (Å²) in [7, 11) is -3.92. The van der Waals surface area contributed by atoms with Crippen molar-refractivity contribution in [3.63, 3.8) is 0 Å². The summed E-state index contributed by atoms with van der Waals surface area (Å²) in [4.78, 5) is 11.4. The van der Waals surface area contributed by atoms with E-state index in [0.717, 1.165) is 12.8 Å². The van der Waals surface area contributed by atoms with Crippen molar-refractivity contribution in [1.82, 2.24) is 5.32 Å². The maximum atomic E-state index is 11.6. The molecule has 3 N–H and O–H groups in total. The first kappa shape index (κ1) is 15.3. The molecule has 0 aliphatic heterocycles. The Morgan fingerprint density at radius 1 is 1.50 bits per heavy atom. The highest BCUT2D eigenvalue weighted by atomic mass is 79.9. The highest BCUT2D eigenvalue weighted by molar-refractivity contribution is 9.10. The normalized spacial score (nSPS) is 14.9. The quantitative estimate of drug-likeness (QED) is 0.817. The van der Waals surface area contributed by atoms with E-state index in [2.05, 4.69) is 21.2 Å². The van der Waals surface area contributed by atoms with Crippen LogP contribution in [-0.2, 0) is 14.8 Å². The zero-order chi connectivity index (χ0) is 14.9. The van der Waals surface area contributed by atoms with Crippen LogP contribution in [0.15, 0.2) is 21.5 Å². The summed E-state index contributed by atoms with van der Waals surface area (Å²) in [5.74, 6) is -0.156. The number of amides is 1. The maximum Gasteiger partial charge on any atom is 0.258 e. The van der Waals surface area contributed by atoms with Crippen molar-refractivity contribution in [3.8, 4) is 5.75 Å². The van der Waals surface area contributed by atoms with E-state index in [1.807, 2.05) is 0 Å². The first-order chi connectivity index (χ1) is 9.27. The molecule has 0 aromatic heterocycles. The lowest BCUT2D eigenvalue weighted by Gasteiger charge is -2.13. The third kappa shape index (κ3) is 3.94. The van der Waals surface area contributed by atoms with Crippen LogP contribution in [0.3, 0.4) is 0 Å². The SMILES string of the molecule is Cc1cc(Br)cc(S(N)(=O)=O)c1OCC(=O)NC1CC1. The minimum Gasteiger partial charge on any atom is -0.482 e. The molecule has 110 valence electrons. The van der Waals surface area contributed by atoms with Crippen molar-refractivity contribution < 1.29 is 17.9 Å². The summed E-state index contributed by atoms with van der Waals surface area (Å²) in [5.41, 5.74) is 0.586. The van der Waals surface area contributed by atoms with Gasteiger partial charge in [-0.05, 0) is 37.5 Å². The monoisotopic (exact) mass is 362 g/mol. The van der Waals surface area contributed by atoms with Gasteiger partial charge in [0.25, 0.3) is 5.91 Å². The molecule has 0 bridgehead atoms. The molecule has 1 saturated carbocycles. The third-order valence-corrected chi connectivity index (χ3v) is 4.18. The van der Waals surface area contributed by atoms with Crippen LogP contribution in [0.25, 0.3) is 0 Å². The van der Waals surface area contributed by atoms with Gasteiger partial charge in [-0.2, -0.15) is 0 Å². The van der Waals surface area contributed by atoms with Crippen LogP contribution in [0.2, 0.25) is 0 Å². The predicted octanol–water partition coefficient (Wildman–Crippen LogP) is 1.06. The Morgan fingerprint density at radius 2 is 2.15 bits per heavy atom. The molecule has 0 heterocycles. The van der Waals surface area contributed by atoms with Crippen molar-refractivity contribution in [1.29, 1.82) is 0 Å². The second-order valence-corrected chi connectivity index (χ2v) is 7.17. The van der Waals surface area contributed by atoms with Crippen molar-refractivity contribution >= 4 is 31.9 Å². The minimum absolute atomic E-state index is 0.113. The fraction of sp³-hybridized carbons (Fsp3) is 0.417. The summed E-state index contributed by atoms with van der Waals surface area (Å²) in [5, 5.41) is 7.92. The number of nitrogens with two attached hydrogens (primary N) is 1. The van der Waals surface area contributed by atoms with Gasteiger partial charge in [-0.3, -0.25) is 4.79 Å². The molecule has 8 heteroatoms. The molecule has 2 rings (SSSR count). The van der Waals surface area contributed by atoms with Crippen molar-refractivity contribution in [2.45, 2.75) is 30.7 Å². The molecule has 1 aliphatic rings. The van der Waals surface area contributed by atoms with E-state index in [1.54, 1.807) is 13.0 Å². The number of sulfonamides is 1. The predicted molar refractivity (Wildman–Crippen MR) is 76.9 cm³/mol. The van der Waals surface area contributed by atoms with Gasteiger partial charge in [0, 0.05) is 10.5 Å². The zero-order valence-corrected chi connectivity index (χ0v) is 13.3. The van der Waals surface area contributed by atoms with Gasteiger partial charge in [0.1, 0.15) is 10.6 Å². The Kier molecular flexibility index (Phi) is 4.36. The van der Waals surface area contributed by atoms with Crippen molar-refractivity contribution in [2.75, 3.05) is 6.61 Å². The van der Waals surface area contributed by atoms with E-state index < -0.39 is 10.0 Å². The summed E-state index contributed by atoms with van der Waals surface area (Å²) in [6, 6.07) is 3.29. The summed E-state index contributed by atoms with van der Waals surface area (Å²) < 4.78 is 29.1. The number of nitrogens with one attached hydrogen (secondary N) is 1. The molecular weight excluding hydrogens is 348 g/mol. The molecule has 0 atom stereocenters. The average molecular weight is 363 g/mol. The fourth-order valence-electron chi connectivity index (χ4n) is 1.73. The Balaban J connectivity index is 2.19. The van der Waals surface area contributed by atoms with Gasteiger partial charge >= 0.3 is 0 Å². The van der Waals surface area contributed by atoms with Crippen LogP contribution in [0, 0.1) is 6.92 Å². The topological polar surface area (TPSA) is 98.5 Å². The molecular formula is C12H15BrN2O4S. The van der Waals surface area contributed by atoms with Crippen LogP contribution in [-0.4, -0.2) is 27.0 Å². The number of carbonyl (C=O) groups excluding carboxylic acids is 1. The number of hydrogen-bond acceptors (Lipinski definition) is 4.